The van der Waals surface area contributed by atoms with E-state index >= 15 is 0 Å². The maximum absolute atomic E-state index is 13.5. The normalized spacial score (nSPS) is 12.6. The molecule has 5 rings (SSSR count). The molecule has 5 aromatic rings. The molecule has 0 aliphatic rings. The molecule has 1 atom stereocenters. The summed E-state index contributed by atoms with van der Waals surface area (Å²) in [4.78, 5) is 4.72. The van der Waals surface area contributed by atoms with E-state index in [4.69, 9.17) is 9.40 Å². The van der Waals surface area contributed by atoms with Crippen LogP contribution in [0.3, 0.4) is 0 Å². The number of aliphatic hydroxyl groups excluding tert-OH is 2. The second kappa shape index (κ2) is 14.5. The minimum atomic E-state index is -0.499. The van der Waals surface area contributed by atoms with E-state index in [1.807, 2.05) is 48.5 Å². The summed E-state index contributed by atoms with van der Waals surface area (Å²) >= 11 is 0. The van der Waals surface area contributed by atoms with Gasteiger partial charge in [0.25, 0.3) is 0 Å². The SMILES string of the molecule is CCC(CC)/C(O)=C/C(O)C(CC)CC.Fc1ccc2c(c1)oc1c(-c3ccc4ccccc4n3)[c-]ccc12.[Ir]. The minimum absolute atomic E-state index is 0. The number of rotatable bonds is 8. The summed E-state index contributed by atoms with van der Waals surface area (Å²) in [5.74, 6) is 0.519. The van der Waals surface area contributed by atoms with Crippen molar-refractivity contribution in [1.82, 2.24) is 4.98 Å². The van der Waals surface area contributed by atoms with Crippen LogP contribution in [0.1, 0.15) is 53.4 Å². The van der Waals surface area contributed by atoms with E-state index in [1.165, 1.54) is 12.1 Å². The third-order valence-electron chi connectivity index (χ3n) is 7.53. The molecule has 0 bridgehead atoms. The maximum Gasteiger partial charge on any atom is 0.126 e. The first-order valence-electron chi connectivity index (χ1n) is 13.9. The molecule has 1 radical (unpaired) electrons. The summed E-state index contributed by atoms with van der Waals surface area (Å²) in [7, 11) is 0. The van der Waals surface area contributed by atoms with Crippen LogP contribution in [0.4, 0.5) is 4.39 Å². The van der Waals surface area contributed by atoms with Crippen LogP contribution >= 0.6 is 0 Å². The zero-order valence-electron chi connectivity index (χ0n) is 23.4. The quantitative estimate of drug-likeness (QED) is 0.124. The second-order valence-corrected chi connectivity index (χ2v) is 9.90. The Kier molecular flexibility index (Phi) is 11.4. The number of furan rings is 1. The van der Waals surface area contributed by atoms with Crippen molar-refractivity contribution in [3.8, 4) is 11.3 Å². The molecular weight excluding hydrogens is 682 g/mol. The molecule has 6 heteroatoms. The maximum atomic E-state index is 13.5. The number of aliphatic hydroxyl groups is 2. The van der Waals surface area contributed by atoms with Gasteiger partial charge >= 0.3 is 0 Å². The first kappa shape index (κ1) is 31.5. The van der Waals surface area contributed by atoms with E-state index in [-0.39, 0.29) is 37.8 Å². The van der Waals surface area contributed by atoms with Crippen molar-refractivity contribution in [3.05, 3.63) is 90.4 Å². The molecule has 2 N–H and O–H groups in total. The van der Waals surface area contributed by atoms with Crippen LogP contribution in [0, 0.1) is 23.7 Å². The number of hydrogen-bond donors (Lipinski definition) is 2. The predicted molar refractivity (Wildman–Crippen MR) is 158 cm³/mol. The molecular formula is C34H37FIrNO3-. The van der Waals surface area contributed by atoms with Gasteiger partial charge in [-0.2, -0.15) is 0 Å². The van der Waals surface area contributed by atoms with E-state index in [2.05, 4.69) is 33.8 Å². The summed E-state index contributed by atoms with van der Waals surface area (Å²) in [5.41, 5.74) is 3.71. The average Bonchev–Trinajstić information content (AvgIpc) is 3.32. The smallest absolute Gasteiger partial charge is 0.126 e. The first-order chi connectivity index (χ1) is 18.9. The molecule has 0 fully saturated rings. The average molecular weight is 719 g/mol. The van der Waals surface area contributed by atoms with Crippen LogP contribution in [0.15, 0.2) is 83.0 Å². The van der Waals surface area contributed by atoms with E-state index < -0.39 is 6.10 Å². The molecule has 2 aromatic heterocycles. The molecule has 0 saturated carbocycles. The van der Waals surface area contributed by atoms with Crippen LogP contribution in [0.25, 0.3) is 44.1 Å². The fourth-order valence-electron chi connectivity index (χ4n) is 5.04. The van der Waals surface area contributed by atoms with Gasteiger partial charge in [0.05, 0.1) is 23.0 Å². The van der Waals surface area contributed by atoms with Gasteiger partial charge in [0.15, 0.2) is 0 Å². The van der Waals surface area contributed by atoms with Crippen molar-refractivity contribution in [2.75, 3.05) is 0 Å². The van der Waals surface area contributed by atoms with E-state index in [1.54, 1.807) is 12.1 Å². The molecule has 0 amide bonds. The Balaban J connectivity index is 0.000000243. The van der Waals surface area contributed by atoms with Gasteiger partial charge in [-0.05, 0) is 54.1 Å². The van der Waals surface area contributed by atoms with Gasteiger partial charge in [-0.3, -0.25) is 4.98 Å². The largest absolute Gasteiger partial charge is 0.512 e. The number of fused-ring (bicyclic) bond motifs is 4. The van der Waals surface area contributed by atoms with Crippen molar-refractivity contribution in [2.45, 2.75) is 59.5 Å². The number of benzene rings is 3. The van der Waals surface area contributed by atoms with Crippen molar-refractivity contribution in [2.24, 2.45) is 11.8 Å². The Bertz CT molecular complexity index is 1570. The molecule has 0 spiro atoms. The molecule has 4 nitrogen and oxygen atoms in total. The van der Waals surface area contributed by atoms with Crippen LogP contribution < -0.4 is 0 Å². The van der Waals surface area contributed by atoms with Crippen LogP contribution in [-0.4, -0.2) is 21.3 Å². The van der Waals surface area contributed by atoms with E-state index in [0.717, 1.165) is 58.6 Å². The number of hydrogen-bond acceptors (Lipinski definition) is 4. The number of pyridine rings is 1. The molecule has 213 valence electrons. The Morgan fingerprint density at radius 2 is 1.68 bits per heavy atom. The van der Waals surface area contributed by atoms with Gasteiger partial charge in [0.1, 0.15) is 11.4 Å². The number of halogens is 1. The number of nitrogens with zero attached hydrogens (tertiary/aromatic N) is 1. The fraction of sp³-hybridized carbons (Fsp3) is 0.324. The van der Waals surface area contributed by atoms with Gasteiger partial charge in [0, 0.05) is 37.5 Å². The molecule has 40 heavy (non-hydrogen) atoms. The van der Waals surface area contributed by atoms with E-state index in [0.29, 0.717) is 16.9 Å². The zero-order valence-corrected chi connectivity index (χ0v) is 25.8. The Morgan fingerprint density at radius 1 is 0.950 bits per heavy atom. The monoisotopic (exact) mass is 719 g/mol. The van der Waals surface area contributed by atoms with Crippen LogP contribution in [-0.2, 0) is 20.1 Å². The third kappa shape index (κ3) is 6.98. The van der Waals surface area contributed by atoms with Crippen molar-refractivity contribution < 1.29 is 39.1 Å². The van der Waals surface area contributed by atoms with Gasteiger partial charge in [0.2, 0.25) is 0 Å². The van der Waals surface area contributed by atoms with Gasteiger partial charge in [-0.1, -0.05) is 81.8 Å². The first-order valence-corrected chi connectivity index (χ1v) is 13.9. The summed E-state index contributed by atoms with van der Waals surface area (Å²) in [6.07, 6.45) is 4.88. The summed E-state index contributed by atoms with van der Waals surface area (Å²) in [5, 5.41) is 22.6. The molecule has 0 saturated heterocycles. The van der Waals surface area contributed by atoms with Crippen molar-refractivity contribution >= 4 is 32.8 Å². The number of allylic oxidation sites excluding steroid dienone is 1. The second-order valence-electron chi connectivity index (χ2n) is 9.90. The summed E-state index contributed by atoms with van der Waals surface area (Å²) in [6.45, 7) is 8.25. The van der Waals surface area contributed by atoms with Gasteiger partial charge in [-0.15, -0.1) is 18.2 Å². The third-order valence-corrected chi connectivity index (χ3v) is 7.53. The topological polar surface area (TPSA) is 66.5 Å². The van der Waals surface area contributed by atoms with Gasteiger partial charge < -0.3 is 14.6 Å². The molecule has 3 aromatic carbocycles. The predicted octanol–water partition coefficient (Wildman–Crippen LogP) is 9.40. The minimum Gasteiger partial charge on any atom is -0.512 e. The standard InChI is InChI=1S/C21H11FNO.C13H26O2.Ir/c22-14-9-10-15-16-5-3-6-17(21(16)24-20(15)12-14)19-11-8-13-4-1-2-7-18(13)23-19;1-5-10(6-2)12(14)9-13(15)11(7-3)8-4;/h1-5,7-12H;9-12,14-15H,5-8H2,1-4H3;/q-1;;/b;13-9-;. The van der Waals surface area contributed by atoms with Crippen molar-refractivity contribution in [1.29, 1.82) is 0 Å². The Morgan fingerprint density at radius 3 is 2.38 bits per heavy atom. The fourth-order valence-corrected chi connectivity index (χ4v) is 5.04. The number of para-hydroxylation sites is 1. The van der Waals surface area contributed by atoms with Crippen LogP contribution in [0.5, 0.6) is 0 Å². The zero-order chi connectivity index (χ0) is 27.9. The van der Waals surface area contributed by atoms with Crippen molar-refractivity contribution in [3.63, 3.8) is 0 Å². The summed E-state index contributed by atoms with van der Waals surface area (Å²) in [6, 6.07) is 23.6. The molecule has 1 unspecified atom stereocenters. The number of aromatic nitrogens is 1. The van der Waals surface area contributed by atoms with E-state index in [9.17, 15) is 14.6 Å². The summed E-state index contributed by atoms with van der Waals surface area (Å²) < 4.78 is 19.4. The van der Waals surface area contributed by atoms with Gasteiger partial charge in [-0.25, -0.2) is 4.39 Å². The Hall–Kier alpha value is -3.05. The Labute approximate surface area is 249 Å². The van der Waals surface area contributed by atoms with Crippen LogP contribution in [0.2, 0.25) is 0 Å². The molecule has 0 aliphatic carbocycles. The molecule has 0 aliphatic heterocycles. The molecule has 2 heterocycles.